The Balaban J connectivity index is 1.87. The number of aliphatic hydroxyl groups is 1. The average molecular weight is 444 g/mol. The van der Waals surface area contributed by atoms with Crippen LogP contribution >= 0.6 is 0 Å². The minimum absolute atomic E-state index is 0.0182. The number of carbonyl (C=O) groups excluding carboxylic acids is 2. The van der Waals surface area contributed by atoms with Gasteiger partial charge in [0.15, 0.2) is 5.79 Å². The molecule has 0 radical (unpaired) electrons. The van der Waals surface area contributed by atoms with E-state index in [2.05, 4.69) is 19.1 Å². The molecule has 30 heavy (non-hydrogen) atoms. The molecule has 0 aromatic carbocycles. The predicted octanol–water partition coefficient (Wildman–Crippen LogP) is 2.09. The first-order valence-corrected chi connectivity index (χ1v) is 11.8. The van der Waals surface area contributed by atoms with Gasteiger partial charge in [0.1, 0.15) is 12.1 Å². The molecule has 2 bridgehead atoms. The zero-order valence-electron chi connectivity index (χ0n) is 17.2. The molecule has 9 nitrogen and oxygen atoms in total. The summed E-state index contributed by atoms with van der Waals surface area (Å²) in [6.45, 7) is 3.90. The quantitative estimate of drug-likeness (QED) is 0.358. The number of allylic oxidation sites excluding steroid dienone is 3. The van der Waals surface area contributed by atoms with E-state index in [1.165, 1.54) is 6.08 Å². The van der Waals surface area contributed by atoms with Crippen LogP contribution in [0.2, 0.25) is 0 Å². The van der Waals surface area contributed by atoms with Gasteiger partial charge in [-0.25, -0.2) is 18.3 Å². The molecule has 1 amide bonds. The molecule has 0 unspecified atom stereocenters. The Morgan fingerprint density at radius 1 is 1.23 bits per heavy atom. The Morgan fingerprint density at radius 3 is 2.63 bits per heavy atom. The summed E-state index contributed by atoms with van der Waals surface area (Å²) in [6, 6.07) is -1.49. The minimum atomic E-state index is -4.24. The summed E-state index contributed by atoms with van der Waals surface area (Å²) in [5.41, 5.74) is 0.863. The van der Waals surface area contributed by atoms with Crippen molar-refractivity contribution in [1.29, 1.82) is 0 Å². The maximum Gasteiger partial charge on any atom is 0.362 e. The van der Waals surface area contributed by atoms with Gasteiger partial charge in [-0.15, -0.1) is 0 Å². The van der Waals surface area contributed by atoms with Gasteiger partial charge in [-0.2, -0.15) is 0 Å². The van der Waals surface area contributed by atoms with Crippen LogP contribution in [0.1, 0.15) is 52.4 Å². The van der Waals surface area contributed by atoms with Crippen LogP contribution in [0.5, 0.6) is 0 Å². The fraction of sp³-hybridized carbons (Fsp3) is 0.700. The van der Waals surface area contributed by atoms with Gasteiger partial charge in [0, 0.05) is 18.9 Å². The van der Waals surface area contributed by atoms with Gasteiger partial charge in [-0.05, 0) is 38.5 Å². The first kappa shape index (κ1) is 22.9. The highest BCUT2D eigenvalue weighted by atomic mass is 32.2. The second-order valence-corrected chi connectivity index (χ2v) is 10.4. The molecule has 2 fully saturated rings. The van der Waals surface area contributed by atoms with Crippen molar-refractivity contribution in [2.24, 2.45) is 5.92 Å². The molecular weight excluding hydrogens is 414 g/mol. The third-order valence-corrected chi connectivity index (χ3v) is 7.30. The normalized spacial score (nSPS) is 40.8. The third kappa shape index (κ3) is 5.11. The van der Waals surface area contributed by atoms with Crippen LogP contribution in [0.15, 0.2) is 23.8 Å². The Bertz CT molecular complexity index is 851. The van der Waals surface area contributed by atoms with Gasteiger partial charge < -0.3 is 14.6 Å². The van der Waals surface area contributed by atoms with E-state index in [0.717, 1.165) is 24.8 Å². The lowest BCUT2D eigenvalue weighted by Crippen LogP contribution is -2.59. The van der Waals surface area contributed by atoms with E-state index in [-0.39, 0.29) is 17.4 Å². The molecule has 10 heteroatoms. The van der Waals surface area contributed by atoms with E-state index in [0.29, 0.717) is 12.8 Å². The van der Waals surface area contributed by atoms with E-state index in [9.17, 15) is 28.3 Å². The van der Waals surface area contributed by atoms with E-state index in [4.69, 9.17) is 9.47 Å². The van der Waals surface area contributed by atoms with Crippen LogP contribution < -0.4 is 0 Å². The van der Waals surface area contributed by atoms with Crippen LogP contribution in [-0.2, 0) is 24.1 Å². The summed E-state index contributed by atoms with van der Waals surface area (Å²) < 4.78 is 35.1. The number of ether oxygens (including phenoxy) is 2. The molecule has 2 saturated heterocycles. The molecule has 3 heterocycles. The first-order valence-electron chi connectivity index (χ1n) is 10.2. The van der Waals surface area contributed by atoms with Gasteiger partial charge in [0.25, 0.3) is 0 Å². The van der Waals surface area contributed by atoms with Gasteiger partial charge in [-0.1, -0.05) is 24.6 Å². The van der Waals surface area contributed by atoms with E-state index in [1.54, 1.807) is 0 Å². The molecule has 0 aromatic rings. The molecule has 0 aliphatic carbocycles. The van der Waals surface area contributed by atoms with Crippen LogP contribution in [0.4, 0.5) is 4.79 Å². The van der Waals surface area contributed by atoms with Crippen LogP contribution in [0.25, 0.3) is 0 Å². The molecule has 3 rings (SSSR count). The summed E-state index contributed by atoms with van der Waals surface area (Å²) in [5.74, 6) is -3.22. The van der Waals surface area contributed by atoms with Crippen molar-refractivity contribution in [3.05, 3.63) is 23.8 Å². The number of sulfone groups is 1. The van der Waals surface area contributed by atoms with Gasteiger partial charge >= 0.3 is 11.2 Å². The van der Waals surface area contributed by atoms with Crippen LogP contribution in [0.3, 0.4) is 0 Å². The lowest BCUT2D eigenvalue weighted by atomic mass is 9.90. The fourth-order valence-electron chi connectivity index (χ4n) is 4.17. The SMILES string of the molecule is C/C1=C/C(=O)O[C@@H]2C[C@@H](CC[C@H](C)/C=C\CC1)O[C@@](O)([C@@H]1CS(=O)(=O)C(=O)N1O)C2. The van der Waals surface area contributed by atoms with Gasteiger partial charge in [-0.3, -0.25) is 10.0 Å². The average Bonchev–Trinajstić information content (AvgIpc) is 2.86. The molecular formula is C20H29NO8S. The number of amides is 1. The number of hydroxylamine groups is 2. The maximum absolute atomic E-state index is 12.3. The fourth-order valence-corrected chi connectivity index (χ4v) is 5.54. The minimum Gasteiger partial charge on any atom is -0.459 e. The molecule has 2 N–H and O–H groups in total. The van der Waals surface area contributed by atoms with Gasteiger partial charge in [0.2, 0.25) is 9.84 Å². The summed E-state index contributed by atoms with van der Waals surface area (Å²) in [5, 5.41) is 19.7. The van der Waals surface area contributed by atoms with E-state index < -0.39 is 50.8 Å². The topological polar surface area (TPSA) is 130 Å². The number of nitrogens with zero attached hydrogens (tertiary/aromatic N) is 1. The molecule has 0 spiro atoms. The third-order valence-electron chi connectivity index (χ3n) is 5.82. The van der Waals surface area contributed by atoms with Crippen molar-refractivity contribution < 1.29 is 37.8 Å². The standard InChI is InChI=1S/C20H29NO8S/c1-13-5-3-4-6-14(2)9-18(22)28-16-10-15(8-7-13)29-20(24,11-16)17-12-30(26,27)19(23)21(17)25/h3,5,9,13,15-17,24-25H,4,6-8,10-12H2,1-2H3/b5-3-,14-9-/t13-,15-,16-,17+,20-/m1/s1. The number of rotatable bonds is 1. The maximum atomic E-state index is 12.3. The van der Waals surface area contributed by atoms with Crippen molar-refractivity contribution in [2.45, 2.75) is 76.4 Å². The Morgan fingerprint density at radius 2 is 1.97 bits per heavy atom. The Hall–Kier alpha value is -1.75. The zero-order valence-corrected chi connectivity index (χ0v) is 18.0. The van der Waals surface area contributed by atoms with E-state index >= 15 is 0 Å². The largest absolute Gasteiger partial charge is 0.459 e. The van der Waals surface area contributed by atoms with Crippen molar-refractivity contribution in [1.82, 2.24) is 5.06 Å². The smallest absolute Gasteiger partial charge is 0.362 e. The second kappa shape index (κ2) is 8.78. The number of hydrogen-bond donors (Lipinski definition) is 2. The zero-order chi connectivity index (χ0) is 22.1. The van der Waals surface area contributed by atoms with Gasteiger partial charge in [0.05, 0.1) is 11.9 Å². The van der Waals surface area contributed by atoms with Crippen molar-refractivity contribution in [3.8, 4) is 0 Å². The predicted molar refractivity (Wildman–Crippen MR) is 106 cm³/mol. The number of esters is 1. The number of carbonyl (C=O) groups is 2. The summed E-state index contributed by atoms with van der Waals surface area (Å²) >= 11 is 0. The molecule has 5 atom stereocenters. The lowest BCUT2D eigenvalue weighted by Gasteiger charge is -2.44. The van der Waals surface area contributed by atoms with Crippen molar-refractivity contribution in [2.75, 3.05) is 5.75 Å². The highest BCUT2D eigenvalue weighted by Crippen LogP contribution is 2.38. The summed E-state index contributed by atoms with van der Waals surface area (Å²) in [4.78, 5) is 24.1. The Labute approximate surface area is 176 Å². The molecule has 168 valence electrons. The van der Waals surface area contributed by atoms with Crippen molar-refractivity contribution in [3.63, 3.8) is 0 Å². The number of hydrogen-bond acceptors (Lipinski definition) is 8. The first-order chi connectivity index (χ1) is 14.0. The van der Waals surface area contributed by atoms with Crippen LogP contribution in [0, 0.1) is 5.92 Å². The highest BCUT2D eigenvalue weighted by molar-refractivity contribution is 8.06. The molecule has 3 aliphatic rings. The highest BCUT2D eigenvalue weighted by Gasteiger charge is 2.57. The van der Waals surface area contributed by atoms with Crippen molar-refractivity contribution >= 4 is 21.0 Å². The summed E-state index contributed by atoms with van der Waals surface area (Å²) in [6.07, 6.45) is 7.21. The molecule has 0 saturated carbocycles. The number of fused-ring (bicyclic) bond motifs is 2. The second-order valence-electron chi connectivity index (χ2n) is 8.50. The Kier molecular flexibility index (Phi) is 6.71. The van der Waals surface area contributed by atoms with E-state index in [1.807, 2.05) is 6.92 Å². The van der Waals surface area contributed by atoms with Crippen LogP contribution in [-0.4, -0.2) is 64.8 Å². The monoisotopic (exact) mass is 443 g/mol. The molecule has 0 aromatic heterocycles. The lowest BCUT2D eigenvalue weighted by molar-refractivity contribution is -0.311. The summed E-state index contributed by atoms with van der Waals surface area (Å²) in [7, 11) is -4.24. The molecule has 3 aliphatic heterocycles.